The van der Waals surface area contributed by atoms with Gasteiger partial charge in [-0.3, -0.25) is 0 Å². The van der Waals surface area contributed by atoms with Crippen molar-refractivity contribution in [3.05, 3.63) is 0 Å². The van der Waals surface area contributed by atoms with Gasteiger partial charge in [-0.15, -0.1) is 0 Å². The van der Waals surface area contributed by atoms with Gasteiger partial charge < -0.3 is 4.74 Å². The van der Waals surface area contributed by atoms with Crippen molar-refractivity contribution >= 4 is 6.09 Å². The molecule has 0 heterocycles. The zero-order valence-electron chi connectivity index (χ0n) is 9.13. The van der Waals surface area contributed by atoms with E-state index >= 15 is 0 Å². The van der Waals surface area contributed by atoms with Gasteiger partial charge in [0.1, 0.15) is 0 Å². The lowest BCUT2D eigenvalue weighted by Gasteiger charge is -2.30. The van der Waals surface area contributed by atoms with Crippen LogP contribution in [-0.4, -0.2) is 23.2 Å². The Hall–Kier alpha value is -0.770. The largest absolute Gasteiger partial charge is 0.448 e. The van der Waals surface area contributed by atoms with Gasteiger partial charge in [0.15, 0.2) is 0 Å². The van der Waals surface area contributed by atoms with E-state index in [2.05, 4.69) is 0 Å². The fourth-order valence-electron chi connectivity index (χ4n) is 0.581. The number of hydrogen-bond donors (Lipinski definition) is 1. The second-order valence-corrected chi connectivity index (χ2v) is 4.51. The summed E-state index contributed by atoms with van der Waals surface area (Å²) in [5.41, 5.74) is -0.395. The molecule has 0 saturated carbocycles. The molecule has 0 rings (SSSR count). The van der Waals surface area contributed by atoms with Gasteiger partial charge in [-0.2, -0.15) is 0 Å². The van der Waals surface area contributed by atoms with Gasteiger partial charge in [0, 0.05) is 0 Å². The van der Waals surface area contributed by atoms with Crippen LogP contribution in [0.2, 0.25) is 0 Å². The summed E-state index contributed by atoms with van der Waals surface area (Å²) in [6.07, 6.45) is -0.471. The van der Waals surface area contributed by atoms with Crippen molar-refractivity contribution in [3.63, 3.8) is 0 Å². The Morgan fingerprint density at radius 3 is 2.23 bits per heavy atom. The molecule has 78 valence electrons. The van der Waals surface area contributed by atoms with Crippen LogP contribution in [0.25, 0.3) is 0 Å². The van der Waals surface area contributed by atoms with Crippen LogP contribution in [0.3, 0.4) is 0 Å². The van der Waals surface area contributed by atoms with Crippen LogP contribution in [-0.2, 0) is 4.74 Å². The molecule has 0 aromatic carbocycles. The molecule has 0 atom stereocenters. The van der Waals surface area contributed by atoms with Crippen molar-refractivity contribution in [1.29, 1.82) is 0 Å². The second kappa shape index (κ2) is 4.46. The highest BCUT2D eigenvalue weighted by Gasteiger charge is 2.24. The fraction of sp³-hybridized carbons (Fsp3) is 0.889. The van der Waals surface area contributed by atoms with Crippen molar-refractivity contribution in [2.24, 2.45) is 11.8 Å². The Balaban J connectivity index is 3.98. The zero-order valence-corrected chi connectivity index (χ0v) is 9.13. The SMILES string of the molecule is CC(C)COC(=O)N(N)C(C)(C)C. The van der Waals surface area contributed by atoms with Crippen molar-refractivity contribution in [2.75, 3.05) is 6.61 Å². The van der Waals surface area contributed by atoms with E-state index in [0.717, 1.165) is 5.01 Å². The molecular weight excluding hydrogens is 168 g/mol. The highest BCUT2D eigenvalue weighted by molar-refractivity contribution is 5.67. The van der Waals surface area contributed by atoms with Crippen LogP contribution in [0.4, 0.5) is 4.79 Å². The van der Waals surface area contributed by atoms with E-state index in [9.17, 15) is 4.79 Å². The number of nitrogens with zero attached hydrogens (tertiary/aromatic N) is 1. The molecule has 0 radical (unpaired) electrons. The third kappa shape index (κ3) is 4.72. The molecule has 0 aromatic heterocycles. The monoisotopic (exact) mass is 188 g/mol. The van der Waals surface area contributed by atoms with Gasteiger partial charge in [0.05, 0.1) is 12.1 Å². The summed E-state index contributed by atoms with van der Waals surface area (Å²) in [5.74, 6) is 5.87. The van der Waals surface area contributed by atoms with Crippen molar-refractivity contribution in [2.45, 2.75) is 40.2 Å². The molecule has 0 aromatic rings. The summed E-state index contributed by atoms with van der Waals surface area (Å²) in [6, 6.07) is 0. The molecule has 0 spiro atoms. The summed E-state index contributed by atoms with van der Waals surface area (Å²) in [7, 11) is 0. The quantitative estimate of drug-likeness (QED) is 0.408. The van der Waals surface area contributed by atoms with E-state index in [-0.39, 0.29) is 0 Å². The van der Waals surface area contributed by atoms with E-state index < -0.39 is 11.6 Å². The van der Waals surface area contributed by atoms with E-state index in [1.165, 1.54) is 0 Å². The Labute approximate surface area is 80.0 Å². The lowest BCUT2D eigenvalue weighted by Crippen LogP contribution is -2.50. The molecule has 0 saturated heterocycles. The summed E-state index contributed by atoms with van der Waals surface area (Å²) in [6.45, 7) is 9.91. The Bertz CT molecular complexity index is 173. The standard InChI is InChI=1S/C9H20N2O2/c1-7(2)6-13-8(12)11(10)9(3,4)5/h7H,6,10H2,1-5H3. The summed E-state index contributed by atoms with van der Waals surface area (Å²) < 4.78 is 4.95. The summed E-state index contributed by atoms with van der Waals surface area (Å²) in [5, 5.41) is 1.11. The molecule has 0 aliphatic carbocycles. The minimum atomic E-state index is -0.471. The fourth-order valence-corrected chi connectivity index (χ4v) is 0.581. The van der Waals surface area contributed by atoms with Crippen LogP contribution >= 0.6 is 0 Å². The molecule has 0 fully saturated rings. The number of amides is 1. The topological polar surface area (TPSA) is 55.6 Å². The number of rotatable bonds is 2. The smallest absolute Gasteiger partial charge is 0.424 e. The first-order valence-electron chi connectivity index (χ1n) is 4.47. The molecule has 0 aliphatic rings. The maximum atomic E-state index is 11.3. The van der Waals surface area contributed by atoms with Crippen LogP contribution in [0.15, 0.2) is 0 Å². The number of hydrogen-bond acceptors (Lipinski definition) is 3. The van der Waals surface area contributed by atoms with Crippen LogP contribution in [0.5, 0.6) is 0 Å². The van der Waals surface area contributed by atoms with E-state index in [0.29, 0.717) is 12.5 Å². The normalized spacial score (nSPS) is 11.6. The number of ether oxygens (including phenoxy) is 1. The average Bonchev–Trinajstić information content (AvgIpc) is 1.96. The average molecular weight is 188 g/mol. The maximum absolute atomic E-state index is 11.3. The van der Waals surface area contributed by atoms with Crippen LogP contribution < -0.4 is 5.84 Å². The third-order valence-corrected chi connectivity index (χ3v) is 1.46. The lowest BCUT2D eigenvalue weighted by molar-refractivity contribution is 0.0602. The van der Waals surface area contributed by atoms with Crippen LogP contribution in [0.1, 0.15) is 34.6 Å². The third-order valence-electron chi connectivity index (χ3n) is 1.46. The van der Waals surface area contributed by atoms with Crippen molar-refractivity contribution in [3.8, 4) is 0 Å². The molecule has 1 amide bonds. The molecule has 0 aliphatic heterocycles. The molecule has 0 bridgehead atoms. The Morgan fingerprint density at radius 2 is 1.92 bits per heavy atom. The Kier molecular flexibility index (Phi) is 4.20. The van der Waals surface area contributed by atoms with Gasteiger partial charge in [0.2, 0.25) is 0 Å². The molecule has 4 nitrogen and oxygen atoms in total. The summed E-state index contributed by atoms with van der Waals surface area (Å²) >= 11 is 0. The van der Waals surface area contributed by atoms with Crippen LogP contribution in [0, 0.1) is 5.92 Å². The number of hydrazine groups is 1. The first kappa shape index (κ1) is 12.2. The highest BCUT2D eigenvalue weighted by atomic mass is 16.6. The second-order valence-electron chi connectivity index (χ2n) is 4.51. The first-order chi connectivity index (χ1) is 5.75. The predicted molar refractivity (Wildman–Crippen MR) is 52.0 cm³/mol. The molecule has 13 heavy (non-hydrogen) atoms. The van der Waals surface area contributed by atoms with Gasteiger partial charge in [-0.05, 0) is 26.7 Å². The molecule has 4 heteroatoms. The van der Waals surface area contributed by atoms with E-state index in [1.807, 2.05) is 34.6 Å². The zero-order chi connectivity index (χ0) is 10.6. The van der Waals surface area contributed by atoms with E-state index in [1.54, 1.807) is 0 Å². The number of nitrogens with two attached hydrogens (primary N) is 1. The van der Waals surface area contributed by atoms with Crippen molar-refractivity contribution < 1.29 is 9.53 Å². The van der Waals surface area contributed by atoms with Crippen molar-refractivity contribution in [1.82, 2.24) is 5.01 Å². The number of carbonyl (C=O) groups is 1. The van der Waals surface area contributed by atoms with Gasteiger partial charge in [-0.1, -0.05) is 13.8 Å². The number of carbonyl (C=O) groups excluding carboxylic acids is 1. The van der Waals surface area contributed by atoms with E-state index in [4.69, 9.17) is 10.6 Å². The Morgan fingerprint density at radius 1 is 1.46 bits per heavy atom. The van der Waals surface area contributed by atoms with Gasteiger partial charge in [0.25, 0.3) is 0 Å². The minimum Gasteiger partial charge on any atom is -0.448 e. The lowest BCUT2D eigenvalue weighted by atomic mass is 10.1. The predicted octanol–water partition coefficient (Wildman–Crippen LogP) is 1.75. The highest BCUT2D eigenvalue weighted by Crippen LogP contribution is 2.09. The molecule has 2 N–H and O–H groups in total. The minimum absolute atomic E-state index is 0.331. The summed E-state index contributed by atoms with van der Waals surface area (Å²) in [4.78, 5) is 11.3. The maximum Gasteiger partial charge on any atom is 0.424 e. The van der Waals surface area contributed by atoms with Gasteiger partial charge in [-0.25, -0.2) is 15.6 Å². The first-order valence-corrected chi connectivity index (χ1v) is 4.47. The molecule has 0 unspecified atom stereocenters. The van der Waals surface area contributed by atoms with Gasteiger partial charge >= 0.3 is 6.09 Å². The molecular formula is C9H20N2O2.